The average molecular weight is 364 g/mol. The van der Waals surface area contributed by atoms with Gasteiger partial charge in [0, 0.05) is 44.5 Å². The number of aromatic nitrogens is 4. The molecule has 0 unspecified atom stereocenters. The second kappa shape index (κ2) is 6.87. The largest absolute Gasteiger partial charge is 0.384 e. The zero-order chi connectivity index (χ0) is 18.9. The molecule has 0 saturated carbocycles. The molecular weight excluding hydrogens is 344 g/mol. The maximum Gasteiger partial charge on any atom is 0.229 e. The van der Waals surface area contributed by atoms with E-state index in [2.05, 4.69) is 21.8 Å². The van der Waals surface area contributed by atoms with Gasteiger partial charge < -0.3 is 25.4 Å². The van der Waals surface area contributed by atoms with E-state index in [9.17, 15) is 5.11 Å². The van der Waals surface area contributed by atoms with Gasteiger partial charge >= 0.3 is 0 Å². The molecule has 1 saturated heterocycles. The van der Waals surface area contributed by atoms with Crippen molar-refractivity contribution >= 4 is 22.8 Å². The van der Waals surface area contributed by atoms with Gasteiger partial charge in [-0.05, 0) is 18.2 Å². The van der Waals surface area contributed by atoms with Gasteiger partial charge in [-0.1, -0.05) is 11.8 Å². The monoisotopic (exact) mass is 364 g/mol. The Kier molecular flexibility index (Phi) is 4.39. The summed E-state index contributed by atoms with van der Waals surface area (Å²) in [6.45, 7) is 0.851. The van der Waals surface area contributed by atoms with Crippen molar-refractivity contribution in [3.63, 3.8) is 0 Å². The molecule has 0 aliphatic carbocycles. The average Bonchev–Trinajstić information content (AvgIpc) is 3.12. The van der Waals surface area contributed by atoms with Crippen LogP contribution in [0.25, 0.3) is 16.7 Å². The first kappa shape index (κ1) is 17.3. The van der Waals surface area contributed by atoms with Crippen molar-refractivity contribution in [3.8, 4) is 17.5 Å². The molecule has 0 bridgehead atoms. The number of nitrogens with two attached hydrogens (primary N) is 1. The molecule has 3 aromatic rings. The van der Waals surface area contributed by atoms with Gasteiger partial charge in [-0.2, -0.15) is 9.97 Å². The van der Waals surface area contributed by atoms with Gasteiger partial charge in [-0.3, -0.25) is 4.98 Å². The van der Waals surface area contributed by atoms with Crippen LogP contribution in [0.15, 0.2) is 36.8 Å². The van der Waals surface area contributed by atoms with Gasteiger partial charge in [-0.25, -0.2) is 0 Å². The van der Waals surface area contributed by atoms with E-state index >= 15 is 0 Å². The number of hydrogen-bond acceptors (Lipinski definition) is 7. The fourth-order valence-electron chi connectivity index (χ4n) is 3.29. The Hall–Kier alpha value is -3.15. The zero-order valence-electron chi connectivity index (χ0n) is 14.7. The third-order valence-corrected chi connectivity index (χ3v) is 4.78. The van der Waals surface area contributed by atoms with Crippen molar-refractivity contribution in [3.05, 3.63) is 36.8 Å². The predicted octanol–water partition coefficient (Wildman–Crippen LogP) is 0.725. The highest BCUT2D eigenvalue weighted by molar-refractivity contribution is 5.88. The number of fused-ring (bicyclic) bond motifs is 1. The fourth-order valence-corrected chi connectivity index (χ4v) is 3.29. The number of aliphatic hydroxyl groups is 2. The van der Waals surface area contributed by atoms with Gasteiger partial charge in [0.1, 0.15) is 18.0 Å². The first-order valence-electron chi connectivity index (χ1n) is 8.73. The van der Waals surface area contributed by atoms with E-state index in [-0.39, 0.29) is 6.61 Å². The lowest BCUT2D eigenvalue weighted by Gasteiger charge is -2.35. The van der Waals surface area contributed by atoms with Crippen LogP contribution in [0.3, 0.4) is 0 Å². The fraction of sp³-hybridized carbons (Fsp3) is 0.316. The van der Waals surface area contributed by atoms with Crippen LogP contribution >= 0.6 is 0 Å². The summed E-state index contributed by atoms with van der Waals surface area (Å²) in [7, 11) is 0. The molecule has 3 aromatic heterocycles. The Morgan fingerprint density at radius 3 is 2.59 bits per heavy atom. The number of hydrogen-bond donors (Lipinski definition) is 3. The quantitative estimate of drug-likeness (QED) is 0.574. The molecule has 4 heterocycles. The molecule has 0 atom stereocenters. The lowest BCUT2D eigenvalue weighted by Crippen LogP contribution is -2.44. The van der Waals surface area contributed by atoms with Crippen molar-refractivity contribution in [1.82, 2.24) is 19.5 Å². The van der Waals surface area contributed by atoms with Crippen molar-refractivity contribution in [2.45, 2.75) is 18.4 Å². The molecule has 8 nitrogen and oxygen atoms in total. The number of nitrogens with zero attached hydrogens (tertiary/aromatic N) is 5. The number of nitrogen functional groups attached to an aromatic ring is 1. The molecule has 0 amide bonds. The first-order chi connectivity index (χ1) is 13.1. The summed E-state index contributed by atoms with van der Waals surface area (Å²) in [6.07, 6.45) is 6.27. The minimum atomic E-state index is -1.08. The van der Waals surface area contributed by atoms with Crippen LogP contribution in [0.2, 0.25) is 0 Å². The maximum absolute atomic E-state index is 10.5. The van der Waals surface area contributed by atoms with Crippen LogP contribution in [-0.2, 0) is 0 Å². The van der Waals surface area contributed by atoms with E-state index in [0.29, 0.717) is 37.7 Å². The summed E-state index contributed by atoms with van der Waals surface area (Å²) < 4.78 is 1.95. The summed E-state index contributed by atoms with van der Waals surface area (Å²) >= 11 is 0. The molecule has 4 N–H and O–H groups in total. The van der Waals surface area contributed by atoms with Crippen LogP contribution in [0, 0.1) is 11.8 Å². The molecule has 4 rings (SSSR count). The normalized spacial score (nSPS) is 16.1. The maximum atomic E-state index is 10.5. The number of aliphatic hydroxyl groups excluding tert-OH is 1. The highest BCUT2D eigenvalue weighted by Crippen LogP contribution is 2.28. The highest BCUT2D eigenvalue weighted by Gasteiger charge is 2.31. The Morgan fingerprint density at radius 2 is 1.89 bits per heavy atom. The van der Waals surface area contributed by atoms with Gasteiger partial charge in [-0.15, -0.1) is 0 Å². The van der Waals surface area contributed by atoms with Crippen LogP contribution in [0.4, 0.5) is 11.8 Å². The minimum Gasteiger partial charge on any atom is -0.384 e. The standard InChI is InChI=1S/C19H20N6O2/c20-16-15-4-10-25(14-2-8-21-9-3-14)17(15)23-18(22-16)24-11-6-19(27,7-12-24)5-1-13-26/h2-4,8-10,26-27H,6-7,11-13H2,(H2,20,22,23). The number of piperidine rings is 1. The van der Waals surface area contributed by atoms with Gasteiger partial charge in [0.25, 0.3) is 0 Å². The summed E-state index contributed by atoms with van der Waals surface area (Å²) in [6, 6.07) is 5.70. The van der Waals surface area contributed by atoms with E-state index in [1.54, 1.807) is 12.4 Å². The topological polar surface area (TPSA) is 113 Å². The molecule has 0 aromatic carbocycles. The van der Waals surface area contributed by atoms with Crippen molar-refractivity contribution in [2.75, 3.05) is 30.3 Å². The minimum absolute atomic E-state index is 0.256. The van der Waals surface area contributed by atoms with E-state index in [1.807, 2.05) is 33.9 Å². The van der Waals surface area contributed by atoms with E-state index < -0.39 is 5.60 Å². The molecule has 0 radical (unpaired) electrons. The number of anilines is 2. The summed E-state index contributed by atoms with van der Waals surface area (Å²) in [5.74, 6) is 6.24. The highest BCUT2D eigenvalue weighted by atomic mass is 16.3. The Morgan fingerprint density at radius 1 is 1.15 bits per heavy atom. The van der Waals surface area contributed by atoms with E-state index in [0.717, 1.165) is 16.7 Å². The van der Waals surface area contributed by atoms with Gasteiger partial charge in [0.15, 0.2) is 5.65 Å². The smallest absolute Gasteiger partial charge is 0.229 e. The predicted molar refractivity (Wildman–Crippen MR) is 102 cm³/mol. The Labute approximate surface area is 156 Å². The summed E-state index contributed by atoms with van der Waals surface area (Å²) in [5, 5.41) is 20.1. The second-order valence-electron chi connectivity index (χ2n) is 6.52. The van der Waals surface area contributed by atoms with Crippen LogP contribution < -0.4 is 10.6 Å². The molecular formula is C19H20N6O2. The van der Waals surface area contributed by atoms with Crippen LogP contribution in [0.5, 0.6) is 0 Å². The molecule has 27 heavy (non-hydrogen) atoms. The van der Waals surface area contributed by atoms with Gasteiger partial charge in [0.05, 0.1) is 11.1 Å². The van der Waals surface area contributed by atoms with Crippen molar-refractivity contribution in [1.29, 1.82) is 0 Å². The SMILES string of the molecule is Nc1nc(N2CCC(O)(C#CCO)CC2)nc2c1ccn2-c1ccncc1. The third-order valence-electron chi connectivity index (χ3n) is 4.78. The molecule has 8 heteroatoms. The summed E-state index contributed by atoms with van der Waals surface area (Å²) in [5.41, 5.74) is 6.76. The molecule has 138 valence electrons. The Bertz CT molecular complexity index is 1010. The van der Waals surface area contributed by atoms with Crippen LogP contribution in [0.1, 0.15) is 12.8 Å². The second-order valence-corrected chi connectivity index (χ2v) is 6.52. The van der Waals surface area contributed by atoms with Crippen molar-refractivity contribution in [2.24, 2.45) is 0 Å². The van der Waals surface area contributed by atoms with E-state index in [4.69, 9.17) is 15.8 Å². The van der Waals surface area contributed by atoms with Crippen molar-refractivity contribution < 1.29 is 10.2 Å². The molecule has 1 aliphatic heterocycles. The first-order valence-corrected chi connectivity index (χ1v) is 8.73. The lowest BCUT2D eigenvalue weighted by atomic mass is 9.92. The van der Waals surface area contributed by atoms with E-state index in [1.165, 1.54) is 0 Å². The lowest BCUT2D eigenvalue weighted by molar-refractivity contribution is 0.0740. The Balaban J connectivity index is 1.66. The molecule has 0 spiro atoms. The summed E-state index contributed by atoms with van der Waals surface area (Å²) in [4.78, 5) is 15.2. The number of pyridine rings is 1. The molecule has 1 fully saturated rings. The van der Waals surface area contributed by atoms with Gasteiger partial charge in [0.2, 0.25) is 5.95 Å². The number of rotatable bonds is 2. The molecule has 1 aliphatic rings. The van der Waals surface area contributed by atoms with Crippen LogP contribution in [-0.4, -0.2) is 55.0 Å². The third kappa shape index (κ3) is 3.30. The zero-order valence-corrected chi connectivity index (χ0v) is 14.7.